The van der Waals surface area contributed by atoms with E-state index in [4.69, 9.17) is 0 Å². The van der Waals surface area contributed by atoms with Crippen LogP contribution >= 0.6 is 27.3 Å². The van der Waals surface area contributed by atoms with Crippen LogP contribution < -0.4 is 5.56 Å². The Morgan fingerprint density at radius 2 is 2.05 bits per heavy atom. The SMILES string of the molecule is O=c1c2sccc2ncn1CC1(CBr)CCCCCC1. The van der Waals surface area contributed by atoms with Crippen molar-refractivity contribution in [3.8, 4) is 0 Å². The summed E-state index contributed by atoms with van der Waals surface area (Å²) in [4.78, 5) is 16.9. The third kappa shape index (κ3) is 2.70. The molecule has 0 aromatic carbocycles. The van der Waals surface area contributed by atoms with E-state index < -0.39 is 0 Å². The normalized spacial score (nSPS) is 19.1. The average molecular weight is 355 g/mol. The van der Waals surface area contributed by atoms with E-state index in [0.29, 0.717) is 0 Å². The quantitative estimate of drug-likeness (QED) is 0.611. The first-order valence-corrected chi connectivity index (χ1v) is 9.23. The minimum absolute atomic E-state index is 0.120. The summed E-state index contributed by atoms with van der Waals surface area (Å²) in [7, 11) is 0. The van der Waals surface area contributed by atoms with Crippen LogP contribution in [0.2, 0.25) is 0 Å². The Labute approximate surface area is 131 Å². The zero-order valence-corrected chi connectivity index (χ0v) is 13.9. The number of nitrogens with zero attached hydrogens (tertiary/aromatic N) is 2. The Balaban J connectivity index is 1.94. The van der Waals surface area contributed by atoms with E-state index in [1.54, 1.807) is 6.33 Å². The monoisotopic (exact) mass is 354 g/mol. The van der Waals surface area contributed by atoms with Crippen LogP contribution in [0.3, 0.4) is 0 Å². The minimum atomic E-state index is 0.120. The van der Waals surface area contributed by atoms with Gasteiger partial charge < -0.3 is 0 Å². The molecule has 0 spiro atoms. The molecule has 0 aliphatic heterocycles. The van der Waals surface area contributed by atoms with Gasteiger partial charge in [0.05, 0.1) is 11.8 Å². The number of halogens is 1. The second kappa shape index (κ2) is 5.98. The minimum Gasteiger partial charge on any atom is -0.297 e. The predicted octanol–water partition coefficient (Wildman–Crippen LogP) is 4.19. The highest BCUT2D eigenvalue weighted by atomic mass is 79.9. The van der Waals surface area contributed by atoms with Crippen molar-refractivity contribution in [1.82, 2.24) is 9.55 Å². The lowest BCUT2D eigenvalue weighted by Gasteiger charge is -2.31. The van der Waals surface area contributed by atoms with Crippen LogP contribution in [0.25, 0.3) is 10.2 Å². The zero-order valence-electron chi connectivity index (χ0n) is 11.5. The molecule has 0 radical (unpaired) electrons. The van der Waals surface area contributed by atoms with Crippen molar-refractivity contribution >= 4 is 37.5 Å². The van der Waals surface area contributed by atoms with Gasteiger partial charge in [-0.05, 0) is 29.7 Å². The summed E-state index contributed by atoms with van der Waals surface area (Å²) in [5.41, 5.74) is 1.16. The van der Waals surface area contributed by atoms with Crippen molar-refractivity contribution in [1.29, 1.82) is 0 Å². The molecule has 20 heavy (non-hydrogen) atoms. The molecule has 0 unspecified atom stereocenters. The number of fused-ring (bicyclic) bond motifs is 1. The molecule has 0 N–H and O–H groups in total. The van der Waals surface area contributed by atoms with Crippen molar-refractivity contribution < 1.29 is 0 Å². The van der Waals surface area contributed by atoms with Crippen LogP contribution in [0.4, 0.5) is 0 Å². The van der Waals surface area contributed by atoms with Gasteiger partial charge in [0.15, 0.2) is 0 Å². The van der Waals surface area contributed by atoms with Crippen LogP contribution in [-0.2, 0) is 6.54 Å². The van der Waals surface area contributed by atoms with Gasteiger partial charge in [0.25, 0.3) is 5.56 Å². The molecule has 0 saturated heterocycles. The van der Waals surface area contributed by atoms with Gasteiger partial charge >= 0.3 is 0 Å². The Morgan fingerprint density at radius 3 is 2.75 bits per heavy atom. The van der Waals surface area contributed by atoms with E-state index in [1.165, 1.54) is 49.9 Å². The maximum Gasteiger partial charge on any atom is 0.271 e. The molecule has 0 atom stereocenters. The lowest BCUT2D eigenvalue weighted by molar-refractivity contribution is 0.239. The molecule has 108 valence electrons. The van der Waals surface area contributed by atoms with Crippen LogP contribution in [0.15, 0.2) is 22.6 Å². The maximum atomic E-state index is 12.5. The highest BCUT2D eigenvalue weighted by molar-refractivity contribution is 9.09. The second-order valence-corrected chi connectivity index (χ2v) is 7.34. The van der Waals surface area contributed by atoms with Gasteiger partial charge in [-0.15, -0.1) is 11.3 Å². The van der Waals surface area contributed by atoms with Gasteiger partial charge in [0.2, 0.25) is 0 Å². The number of thiophene rings is 1. The van der Waals surface area contributed by atoms with Crippen LogP contribution in [0.5, 0.6) is 0 Å². The molecule has 3 rings (SSSR count). The Bertz CT molecular complexity index is 641. The number of aromatic nitrogens is 2. The molecule has 1 aliphatic carbocycles. The third-order valence-electron chi connectivity index (χ3n) is 4.39. The first-order chi connectivity index (χ1) is 9.74. The smallest absolute Gasteiger partial charge is 0.271 e. The average Bonchev–Trinajstić information content (AvgIpc) is 2.83. The van der Waals surface area contributed by atoms with Crippen molar-refractivity contribution in [2.24, 2.45) is 5.41 Å². The van der Waals surface area contributed by atoms with Gasteiger partial charge in [-0.2, -0.15) is 0 Å². The molecule has 0 bridgehead atoms. The third-order valence-corrected chi connectivity index (χ3v) is 6.47. The fourth-order valence-electron chi connectivity index (χ4n) is 3.17. The molecule has 3 nitrogen and oxygen atoms in total. The van der Waals surface area contributed by atoms with Crippen molar-refractivity contribution in [3.63, 3.8) is 0 Å². The lowest BCUT2D eigenvalue weighted by Crippen LogP contribution is -2.33. The van der Waals surface area contributed by atoms with Gasteiger partial charge in [-0.1, -0.05) is 41.6 Å². The largest absolute Gasteiger partial charge is 0.297 e. The topological polar surface area (TPSA) is 34.9 Å². The second-order valence-electron chi connectivity index (χ2n) is 5.86. The maximum absolute atomic E-state index is 12.5. The van der Waals surface area contributed by atoms with Crippen LogP contribution in [0.1, 0.15) is 38.5 Å². The summed E-state index contributed by atoms with van der Waals surface area (Å²) < 4.78 is 2.61. The Kier molecular flexibility index (Phi) is 4.26. The Morgan fingerprint density at radius 1 is 1.30 bits per heavy atom. The molecule has 1 fully saturated rings. The first kappa shape index (κ1) is 14.3. The van der Waals surface area contributed by atoms with Gasteiger partial charge in [-0.25, -0.2) is 4.98 Å². The van der Waals surface area contributed by atoms with E-state index in [2.05, 4.69) is 20.9 Å². The highest BCUT2D eigenvalue weighted by Crippen LogP contribution is 2.38. The highest BCUT2D eigenvalue weighted by Gasteiger charge is 2.30. The summed E-state index contributed by atoms with van der Waals surface area (Å²) in [5, 5.41) is 2.91. The molecule has 2 aromatic rings. The lowest BCUT2D eigenvalue weighted by atomic mass is 9.82. The number of rotatable bonds is 3. The molecular formula is C15H19BrN2OS. The van der Waals surface area contributed by atoms with Crippen molar-refractivity contribution in [3.05, 3.63) is 28.1 Å². The van der Waals surface area contributed by atoms with Crippen molar-refractivity contribution in [2.75, 3.05) is 5.33 Å². The molecule has 2 heterocycles. The first-order valence-electron chi connectivity index (χ1n) is 7.23. The number of hydrogen-bond donors (Lipinski definition) is 0. The molecule has 1 aliphatic rings. The molecule has 1 saturated carbocycles. The van der Waals surface area contributed by atoms with Gasteiger partial charge in [0.1, 0.15) is 4.70 Å². The van der Waals surface area contributed by atoms with E-state index in [0.717, 1.165) is 22.1 Å². The van der Waals surface area contributed by atoms with E-state index in [9.17, 15) is 4.79 Å². The van der Waals surface area contributed by atoms with E-state index in [-0.39, 0.29) is 11.0 Å². The van der Waals surface area contributed by atoms with Gasteiger partial charge in [0, 0.05) is 11.9 Å². The number of hydrogen-bond acceptors (Lipinski definition) is 3. The van der Waals surface area contributed by atoms with E-state index in [1.807, 2.05) is 16.0 Å². The summed E-state index contributed by atoms with van der Waals surface area (Å²) in [6.07, 6.45) is 9.33. The summed E-state index contributed by atoms with van der Waals surface area (Å²) in [6, 6.07) is 1.91. The molecule has 2 aromatic heterocycles. The fraction of sp³-hybridized carbons (Fsp3) is 0.600. The summed E-state index contributed by atoms with van der Waals surface area (Å²) >= 11 is 5.19. The predicted molar refractivity (Wildman–Crippen MR) is 87.8 cm³/mol. The van der Waals surface area contributed by atoms with E-state index >= 15 is 0 Å². The molecule has 0 amide bonds. The van der Waals surface area contributed by atoms with Crippen molar-refractivity contribution in [2.45, 2.75) is 45.1 Å². The number of alkyl halides is 1. The van der Waals surface area contributed by atoms with Crippen LogP contribution in [-0.4, -0.2) is 14.9 Å². The standard InChI is InChI=1S/C15H19BrN2OS/c16-9-15(6-3-1-2-4-7-15)10-18-11-17-12-5-8-20-13(12)14(18)19/h5,8,11H,1-4,6-7,9-10H2. The molecule has 5 heteroatoms. The Hall–Kier alpha value is -0.680. The summed E-state index contributed by atoms with van der Waals surface area (Å²) in [5.74, 6) is 0. The van der Waals surface area contributed by atoms with Crippen LogP contribution in [0, 0.1) is 5.41 Å². The summed E-state index contributed by atoms with van der Waals surface area (Å²) in [6.45, 7) is 0.790. The fourth-order valence-corrected chi connectivity index (χ4v) is 4.70. The molecular weight excluding hydrogens is 336 g/mol. The zero-order chi connectivity index (χ0) is 14.0. The van der Waals surface area contributed by atoms with Gasteiger partial charge in [-0.3, -0.25) is 9.36 Å².